The molecular weight excluding hydrogens is 307 g/mol. The fourth-order valence-electron chi connectivity index (χ4n) is 3.00. The largest absolute Gasteiger partial charge is 0.341 e. The first-order valence-corrected chi connectivity index (χ1v) is 8.35. The van der Waals surface area contributed by atoms with Crippen LogP contribution in [-0.2, 0) is 11.3 Å². The monoisotopic (exact) mass is 330 g/mol. The van der Waals surface area contributed by atoms with Crippen LogP contribution in [0, 0.1) is 12.7 Å². The molecule has 1 atom stereocenters. The number of benzene rings is 1. The summed E-state index contributed by atoms with van der Waals surface area (Å²) in [5, 5.41) is 7.90. The minimum absolute atomic E-state index is 0.212. The highest BCUT2D eigenvalue weighted by Gasteiger charge is 2.21. The number of carbonyl (C=O) groups is 1. The number of carbonyl (C=O) groups excluding carboxylic acids is 1. The molecule has 1 amide bonds. The van der Waals surface area contributed by atoms with E-state index in [2.05, 4.69) is 17.3 Å². The molecule has 1 unspecified atom stereocenters. The average Bonchev–Trinajstić information content (AvgIpc) is 3.12. The molecule has 1 aromatic carbocycles. The van der Waals surface area contributed by atoms with Gasteiger partial charge in [-0.2, -0.15) is 5.10 Å². The fourth-order valence-corrected chi connectivity index (χ4v) is 3.00. The summed E-state index contributed by atoms with van der Waals surface area (Å²) in [6, 6.07) is 6.60. The zero-order chi connectivity index (χ0) is 17.1. The van der Waals surface area contributed by atoms with Crippen molar-refractivity contribution in [3.05, 3.63) is 47.5 Å². The van der Waals surface area contributed by atoms with Gasteiger partial charge in [0, 0.05) is 43.9 Å². The molecule has 0 spiro atoms. The van der Waals surface area contributed by atoms with E-state index >= 15 is 0 Å². The van der Waals surface area contributed by atoms with E-state index in [1.165, 1.54) is 12.1 Å². The normalized spacial score (nSPS) is 16.0. The van der Waals surface area contributed by atoms with Crippen molar-refractivity contribution in [2.45, 2.75) is 39.3 Å². The Balaban J connectivity index is 1.60. The maximum absolute atomic E-state index is 13.4. The highest BCUT2D eigenvalue weighted by molar-refractivity contribution is 5.78. The molecule has 5 nitrogen and oxygen atoms in total. The first-order chi connectivity index (χ1) is 11.5. The van der Waals surface area contributed by atoms with Crippen molar-refractivity contribution in [2.24, 2.45) is 0 Å². The third-order valence-electron chi connectivity index (χ3n) is 4.38. The molecule has 2 aromatic rings. The van der Waals surface area contributed by atoms with Crippen molar-refractivity contribution in [3.8, 4) is 5.69 Å². The van der Waals surface area contributed by atoms with Gasteiger partial charge in [0.1, 0.15) is 5.82 Å². The van der Waals surface area contributed by atoms with Crippen molar-refractivity contribution in [1.29, 1.82) is 0 Å². The molecule has 1 aromatic heterocycles. The predicted octanol–water partition coefficient (Wildman–Crippen LogP) is 2.42. The third kappa shape index (κ3) is 3.82. The Morgan fingerprint density at radius 3 is 2.96 bits per heavy atom. The lowest BCUT2D eigenvalue weighted by Gasteiger charge is -2.21. The van der Waals surface area contributed by atoms with E-state index in [1.807, 2.05) is 24.1 Å². The van der Waals surface area contributed by atoms with Gasteiger partial charge >= 0.3 is 0 Å². The molecule has 1 aliphatic rings. The predicted molar refractivity (Wildman–Crippen MR) is 90.4 cm³/mol. The summed E-state index contributed by atoms with van der Waals surface area (Å²) in [4.78, 5) is 13.6. The zero-order valence-corrected chi connectivity index (χ0v) is 14.1. The quantitative estimate of drug-likeness (QED) is 0.885. The van der Waals surface area contributed by atoms with Gasteiger partial charge in [-0.15, -0.1) is 0 Å². The SMILES string of the molecule is Cc1nn(-c2cccc(F)c2)cc1CNC(C)CN1CCCC1=O. The van der Waals surface area contributed by atoms with E-state index in [9.17, 15) is 9.18 Å². The lowest BCUT2D eigenvalue weighted by molar-refractivity contribution is -0.127. The maximum Gasteiger partial charge on any atom is 0.222 e. The van der Waals surface area contributed by atoms with Gasteiger partial charge < -0.3 is 10.2 Å². The van der Waals surface area contributed by atoms with Gasteiger partial charge in [-0.1, -0.05) is 6.07 Å². The van der Waals surface area contributed by atoms with E-state index in [0.29, 0.717) is 18.7 Å². The van der Waals surface area contributed by atoms with Crippen LogP contribution in [0.25, 0.3) is 5.69 Å². The van der Waals surface area contributed by atoms with Crippen LogP contribution in [0.3, 0.4) is 0 Å². The van der Waals surface area contributed by atoms with E-state index < -0.39 is 0 Å². The highest BCUT2D eigenvalue weighted by Crippen LogP contribution is 2.14. The minimum atomic E-state index is -0.274. The first kappa shape index (κ1) is 16.6. The molecular formula is C18H23FN4O. The molecule has 3 rings (SSSR count). The van der Waals surface area contributed by atoms with Crippen LogP contribution in [0.4, 0.5) is 4.39 Å². The van der Waals surface area contributed by atoms with Crippen LogP contribution >= 0.6 is 0 Å². The molecule has 6 heteroatoms. The number of likely N-dealkylation sites (tertiary alicyclic amines) is 1. The Labute approximate surface area is 141 Å². The van der Waals surface area contributed by atoms with Crippen LogP contribution in [0.2, 0.25) is 0 Å². The first-order valence-electron chi connectivity index (χ1n) is 8.35. The molecule has 24 heavy (non-hydrogen) atoms. The van der Waals surface area contributed by atoms with Gasteiger partial charge in [-0.05, 0) is 38.5 Å². The number of aryl methyl sites for hydroxylation is 1. The van der Waals surface area contributed by atoms with Crippen LogP contribution in [0.1, 0.15) is 31.0 Å². The maximum atomic E-state index is 13.4. The molecule has 0 saturated carbocycles. The number of hydrogen-bond acceptors (Lipinski definition) is 3. The summed E-state index contributed by atoms with van der Waals surface area (Å²) >= 11 is 0. The Morgan fingerprint density at radius 2 is 2.25 bits per heavy atom. The summed E-state index contributed by atoms with van der Waals surface area (Å²) in [6.07, 6.45) is 3.56. The van der Waals surface area contributed by atoms with E-state index in [-0.39, 0.29) is 17.8 Å². The molecule has 0 radical (unpaired) electrons. The zero-order valence-electron chi connectivity index (χ0n) is 14.1. The van der Waals surface area contributed by atoms with Gasteiger partial charge in [0.15, 0.2) is 0 Å². The number of halogens is 1. The van der Waals surface area contributed by atoms with Crippen molar-refractivity contribution in [2.75, 3.05) is 13.1 Å². The topological polar surface area (TPSA) is 50.2 Å². The van der Waals surface area contributed by atoms with Crippen molar-refractivity contribution < 1.29 is 9.18 Å². The minimum Gasteiger partial charge on any atom is -0.341 e. The van der Waals surface area contributed by atoms with Crippen molar-refractivity contribution >= 4 is 5.91 Å². The third-order valence-corrected chi connectivity index (χ3v) is 4.38. The van der Waals surface area contributed by atoms with Crippen molar-refractivity contribution in [1.82, 2.24) is 20.0 Å². The van der Waals surface area contributed by atoms with Crippen LogP contribution < -0.4 is 5.32 Å². The molecule has 1 aliphatic heterocycles. The summed E-state index contributed by atoms with van der Waals surface area (Å²) in [6.45, 7) is 6.29. The van der Waals surface area contributed by atoms with Gasteiger partial charge in [-0.25, -0.2) is 9.07 Å². The molecule has 0 bridgehead atoms. The van der Waals surface area contributed by atoms with Gasteiger partial charge in [0.05, 0.1) is 11.4 Å². The Morgan fingerprint density at radius 1 is 1.42 bits per heavy atom. The van der Waals surface area contributed by atoms with Crippen LogP contribution in [0.5, 0.6) is 0 Å². The summed E-state index contributed by atoms with van der Waals surface area (Å²) in [5.41, 5.74) is 2.69. The smallest absolute Gasteiger partial charge is 0.222 e. The second-order valence-corrected chi connectivity index (χ2v) is 6.39. The number of hydrogen-bond donors (Lipinski definition) is 1. The van der Waals surface area contributed by atoms with Gasteiger partial charge in [0.2, 0.25) is 5.91 Å². The Hall–Kier alpha value is -2.21. The molecule has 1 N–H and O–H groups in total. The van der Waals surface area contributed by atoms with Crippen LogP contribution in [-0.4, -0.2) is 39.7 Å². The molecule has 2 heterocycles. The Bertz CT molecular complexity index is 728. The molecule has 128 valence electrons. The van der Waals surface area contributed by atoms with Gasteiger partial charge in [0.25, 0.3) is 0 Å². The lowest BCUT2D eigenvalue weighted by Crippen LogP contribution is -2.39. The number of rotatable bonds is 6. The second-order valence-electron chi connectivity index (χ2n) is 6.39. The summed E-state index contributed by atoms with van der Waals surface area (Å²) in [7, 11) is 0. The van der Waals surface area contributed by atoms with Crippen LogP contribution in [0.15, 0.2) is 30.5 Å². The molecule has 1 saturated heterocycles. The molecule has 0 aliphatic carbocycles. The van der Waals surface area contributed by atoms with E-state index in [1.54, 1.807) is 10.7 Å². The van der Waals surface area contributed by atoms with Gasteiger partial charge in [-0.3, -0.25) is 4.79 Å². The van der Waals surface area contributed by atoms with Crippen molar-refractivity contribution in [3.63, 3.8) is 0 Å². The summed E-state index contributed by atoms with van der Waals surface area (Å²) in [5.74, 6) is -0.0250. The fraction of sp³-hybridized carbons (Fsp3) is 0.444. The number of nitrogens with one attached hydrogen (secondary N) is 1. The Kier molecular flexibility index (Phi) is 4.94. The number of amides is 1. The number of nitrogens with zero attached hydrogens (tertiary/aromatic N) is 3. The summed E-state index contributed by atoms with van der Waals surface area (Å²) < 4.78 is 15.1. The van der Waals surface area contributed by atoms with E-state index in [4.69, 9.17) is 0 Å². The second kappa shape index (κ2) is 7.13. The standard InChI is InChI=1S/C18H23FN4O/c1-13(11-22-8-4-7-18(22)24)20-10-15-12-23(21-14(15)2)17-6-3-5-16(19)9-17/h3,5-6,9,12-13,20H,4,7-8,10-11H2,1-2H3. The number of aromatic nitrogens is 2. The lowest BCUT2D eigenvalue weighted by atomic mass is 10.2. The highest BCUT2D eigenvalue weighted by atomic mass is 19.1. The molecule has 1 fully saturated rings. The van der Waals surface area contributed by atoms with E-state index in [0.717, 1.165) is 30.8 Å². The average molecular weight is 330 g/mol.